The van der Waals surface area contributed by atoms with Crippen LogP contribution in [0.25, 0.3) is 11.7 Å². The van der Waals surface area contributed by atoms with E-state index in [1.54, 1.807) is 18.4 Å². The SMILES string of the molecule is Cc1ccc([C@H](CNc2oc(-c3ccco3)nc2C#N)N2CCOCC2)cc1. The molecule has 144 valence electrons. The van der Waals surface area contributed by atoms with Crippen molar-refractivity contribution in [1.82, 2.24) is 9.88 Å². The fourth-order valence-electron chi connectivity index (χ4n) is 3.35. The lowest BCUT2D eigenvalue weighted by molar-refractivity contribution is 0.0186. The molecule has 1 aliphatic heterocycles. The highest BCUT2D eigenvalue weighted by Gasteiger charge is 2.24. The molecule has 0 spiro atoms. The lowest BCUT2D eigenvalue weighted by Crippen LogP contribution is -2.41. The van der Waals surface area contributed by atoms with Crippen molar-refractivity contribution < 1.29 is 13.6 Å². The van der Waals surface area contributed by atoms with Crippen LogP contribution in [0.3, 0.4) is 0 Å². The Labute approximate surface area is 163 Å². The number of hydrogen-bond donors (Lipinski definition) is 1. The highest BCUT2D eigenvalue weighted by molar-refractivity contribution is 5.54. The number of aryl methyl sites for hydroxylation is 1. The van der Waals surface area contributed by atoms with E-state index in [1.807, 2.05) is 0 Å². The molecular weight excluding hydrogens is 356 g/mol. The van der Waals surface area contributed by atoms with Crippen molar-refractivity contribution in [3.8, 4) is 17.7 Å². The van der Waals surface area contributed by atoms with Gasteiger partial charge in [-0.2, -0.15) is 10.2 Å². The minimum absolute atomic E-state index is 0.133. The summed E-state index contributed by atoms with van der Waals surface area (Å²) in [5, 5.41) is 12.7. The molecule has 3 aromatic rings. The van der Waals surface area contributed by atoms with E-state index in [-0.39, 0.29) is 11.7 Å². The summed E-state index contributed by atoms with van der Waals surface area (Å²) in [5.41, 5.74) is 2.66. The van der Waals surface area contributed by atoms with Crippen LogP contribution in [0.5, 0.6) is 0 Å². The normalized spacial score (nSPS) is 15.9. The maximum Gasteiger partial charge on any atom is 0.266 e. The van der Waals surface area contributed by atoms with E-state index in [2.05, 4.69) is 52.5 Å². The molecule has 0 bridgehead atoms. The fourth-order valence-corrected chi connectivity index (χ4v) is 3.35. The van der Waals surface area contributed by atoms with Crippen LogP contribution < -0.4 is 5.32 Å². The summed E-state index contributed by atoms with van der Waals surface area (Å²) in [4.78, 5) is 6.61. The largest absolute Gasteiger partial charge is 0.459 e. The lowest BCUT2D eigenvalue weighted by atomic mass is 10.0. The first-order chi connectivity index (χ1) is 13.7. The Morgan fingerprint density at radius 1 is 1.21 bits per heavy atom. The van der Waals surface area contributed by atoms with Gasteiger partial charge in [0.15, 0.2) is 5.76 Å². The molecule has 1 aliphatic rings. The van der Waals surface area contributed by atoms with Crippen molar-refractivity contribution in [1.29, 1.82) is 5.26 Å². The summed E-state index contributed by atoms with van der Waals surface area (Å²) in [6.07, 6.45) is 1.55. The van der Waals surface area contributed by atoms with Gasteiger partial charge in [-0.15, -0.1) is 0 Å². The Hall–Kier alpha value is -3.08. The third-order valence-corrected chi connectivity index (χ3v) is 4.87. The third-order valence-electron chi connectivity index (χ3n) is 4.87. The number of rotatable bonds is 6. The molecule has 0 unspecified atom stereocenters. The Balaban J connectivity index is 1.55. The summed E-state index contributed by atoms with van der Waals surface area (Å²) < 4.78 is 16.6. The van der Waals surface area contributed by atoms with Gasteiger partial charge in [0.05, 0.1) is 25.5 Å². The lowest BCUT2D eigenvalue weighted by Gasteiger charge is -2.35. The van der Waals surface area contributed by atoms with Crippen molar-refractivity contribution >= 4 is 5.88 Å². The van der Waals surface area contributed by atoms with E-state index in [4.69, 9.17) is 13.6 Å². The summed E-state index contributed by atoms with van der Waals surface area (Å²) in [6, 6.07) is 14.3. The zero-order valence-electron chi connectivity index (χ0n) is 15.7. The van der Waals surface area contributed by atoms with Crippen LogP contribution in [-0.2, 0) is 4.74 Å². The van der Waals surface area contributed by atoms with E-state index in [0.29, 0.717) is 24.1 Å². The van der Waals surface area contributed by atoms with Gasteiger partial charge in [-0.25, -0.2) is 0 Å². The van der Waals surface area contributed by atoms with Crippen LogP contribution in [0, 0.1) is 18.3 Å². The van der Waals surface area contributed by atoms with Gasteiger partial charge in [0.2, 0.25) is 11.6 Å². The van der Waals surface area contributed by atoms with Crippen LogP contribution in [0.1, 0.15) is 22.9 Å². The number of hydrogen-bond acceptors (Lipinski definition) is 7. The number of benzene rings is 1. The van der Waals surface area contributed by atoms with Crippen molar-refractivity contribution in [3.63, 3.8) is 0 Å². The monoisotopic (exact) mass is 378 g/mol. The van der Waals surface area contributed by atoms with Gasteiger partial charge in [-0.1, -0.05) is 29.8 Å². The van der Waals surface area contributed by atoms with E-state index in [9.17, 15) is 5.26 Å². The van der Waals surface area contributed by atoms with Crippen molar-refractivity contribution in [2.24, 2.45) is 0 Å². The molecule has 0 radical (unpaired) electrons. The highest BCUT2D eigenvalue weighted by atomic mass is 16.5. The second-order valence-electron chi connectivity index (χ2n) is 6.74. The van der Waals surface area contributed by atoms with E-state index >= 15 is 0 Å². The van der Waals surface area contributed by atoms with Gasteiger partial charge in [-0.3, -0.25) is 4.90 Å². The number of oxazole rings is 1. The molecule has 0 saturated carbocycles. The van der Waals surface area contributed by atoms with Crippen LogP contribution >= 0.6 is 0 Å². The summed E-state index contributed by atoms with van der Waals surface area (Å²) in [5.74, 6) is 1.15. The molecule has 28 heavy (non-hydrogen) atoms. The standard InChI is InChI=1S/C21H22N4O3/c1-15-4-6-16(7-5-15)18(25-8-11-26-12-9-25)14-23-20-17(13-22)24-21(28-20)19-3-2-10-27-19/h2-7,10,18,23H,8-9,11-12,14H2,1H3/t18-/m0/s1. The number of nitrogens with one attached hydrogen (secondary N) is 1. The van der Waals surface area contributed by atoms with Crippen LogP contribution in [0.15, 0.2) is 51.5 Å². The number of anilines is 1. The quantitative estimate of drug-likeness (QED) is 0.701. The zero-order valence-corrected chi connectivity index (χ0v) is 15.7. The van der Waals surface area contributed by atoms with Gasteiger partial charge in [0, 0.05) is 19.6 Å². The molecule has 4 rings (SSSR count). The summed E-state index contributed by atoms with van der Waals surface area (Å²) in [7, 11) is 0. The van der Waals surface area contributed by atoms with E-state index in [1.165, 1.54) is 11.1 Å². The first-order valence-electron chi connectivity index (χ1n) is 9.31. The number of morpholine rings is 1. The van der Waals surface area contributed by atoms with Crippen molar-refractivity contribution in [2.75, 3.05) is 38.2 Å². The average Bonchev–Trinajstić information content (AvgIpc) is 3.40. The Kier molecular flexibility index (Phi) is 5.42. The number of nitriles is 1. The van der Waals surface area contributed by atoms with Crippen molar-refractivity contribution in [3.05, 3.63) is 59.5 Å². The van der Waals surface area contributed by atoms with Crippen molar-refractivity contribution in [2.45, 2.75) is 13.0 Å². The predicted octanol–water partition coefficient (Wildman–Crippen LogP) is 3.60. The highest BCUT2D eigenvalue weighted by Crippen LogP contribution is 2.28. The predicted molar refractivity (Wildman–Crippen MR) is 104 cm³/mol. The Morgan fingerprint density at radius 2 is 2.00 bits per heavy atom. The summed E-state index contributed by atoms with van der Waals surface area (Å²) in [6.45, 7) is 5.83. The maximum atomic E-state index is 9.42. The number of nitrogens with zero attached hydrogens (tertiary/aromatic N) is 3. The molecule has 1 atom stereocenters. The van der Waals surface area contributed by atoms with Crippen LogP contribution in [0.2, 0.25) is 0 Å². The molecule has 0 amide bonds. The molecule has 0 aliphatic carbocycles. The number of furan rings is 1. The second-order valence-corrected chi connectivity index (χ2v) is 6.74. The smallest absolute Gasteiger partial charge is 0.266 e. The van der Waals surface area contributed by atoms with Gasteiger partial charge >= 0.3 is 0 Å². The van der Waals surface area contributed by atoms with Gasteiger partial charge in [0.1, 0.15) is 6.07 Å². The number of aromatic nitrogens is 1. The average molecular weight is 378 g/mol. The van der Waals surface area contributed by atoms with Gasteiger partial charge in [0.25, 0.3) is 5.89 Å². The first-order valence-corrected chi connectivity index (χ1v) is 9.31. The molecule has 7 nitrogen and oxygen atoms in total. The third kappa shape index (κ3) is 3.93. The Morgan fingerprint density at radius 3 is 2.68 bits per heavy atom. The molecule has 7 heteroatoms. The van der Waals surface area contributed by atoms with E-state index < -0.39 is 0 Å². The van der Waals surface area contributed by atoms with Gasteiger partial charge in [-0.05, 0) is 24.6 Å². The zero-order chi connectivity index (χ0) is 19.3. The molecular formula is C21H22N4O3. The molecule has 1 fully saturated rings. The first kappa shape index (κ1) is 18.3. The van der Waals surface area contributed by atoms with Crippen LogP contribution in [0.4, 0.5) is 5.88 Å². The van der Waals surface area contributed by atoms with E-state index in [0.717, 1.165) is 26.3 Å². The topological polar surface area (TPSA) is 87.5 Å². The fraction of sp³-hybridized carbons (Fsp3) is 0.333. The maximum absolute atomic E-state index is 9.42. The summed E-state index contributed by atoms with van der Waals surface area (Å²) >= 11 is 0. The Bertz CT molecular complexity index is 935. The number of ether oxygens (including phenoxy) is 1. The van der Waals surface area contributed by atoms with Gasteiger partial charge < -0.3 is 18.9 Å². The molecule has 1 N–H and O–H groups in total. The molecule has 3 heterocycles. The minimum Gasteiger partial charge on any atom is -0.459 e. The molecule has 1 saturated heterocycles. The minimum atomic E-state index is 0.133. The molecule has 1 aromatic carbocycles. The molecule has 2 aromatic heterocycles. The van der Waals surface area contributed by atoms with Crippen LogP contribution in [-0.4, -0.2) is 42.7 Å². The second kappa shape index (κ2) is 8.30.